The third-order valence-electron chi connectivity index (χ3n) is 13.2. The zero-order valence-electron chi connectivity index (χ0n) is 37.4. The smallest absolute Gasteiger partial charge is 0.0421 e. The van der Waals surface area contributed by atoms with Crippen LogP contribution in [0.4, 0.5) is 0 Å². The van der Waals surface area contributed by atoms with Gasteiger partial charge in [-0.15, -0.1) is 34.0 Å². The Morgan fingerprint density at radius 1 is 0.309 bits per heavy atom. The summed E-state index contributed by atoms with van der Waals surface area (Å²) < 4.78 is 0. The van der Waals surface area contributed by atoms with Crippen molar-refractivity contribution >= 4 is 98.6 Å². The van der Waals surface area contributed by atoms with Crippen molar-refractivity contribution < 1.29 is 0 Å². The molecule has 0 aliphatic carbocycles. The van der Waals surface area contributed by atoms with Crippen molar-refractivity contribution in [1.29, 1.82) is 0 Å². The summed E-state index contributed by atoms with van der Waals surface area (Å²) in [6, 6.07) is 74.9. The molecule has 3 heteroatoms. The Hall–Kier alpha value is -7.66. The first-order chi connectivity index (χ1) is 33.6. The van der Waals surface area contributed by atoms with Crippen molar-refractivity contribution in [2.24, 2.45) is 0 Å². The number of allylic oxidation sites excluding steroid dienone is 3. The van der Waals surface area contributed by atoms with E-state index >= 15 is 0 Å². The van der Waals surface area contributed by atoms with Crippen LogP contribution in [0.3, 0.4) is 0 Å². The molecule has 13 aromatic rings. The molecule has 68 heavy (non-hydrogen) atoms. The van der Waals surface area contributed by atoms with Crippen LogP contribution in [-0.2, 0) is 0 Å². The molecule has 0 bridgehead atoms. The van der Waals surface area contributed by atoms with E-state index in [-0.39, 0.29) is 0 Å². The molecular weight excluding hydrogens is 877 g/mol. The summed E-state index contributed by atoms with van der Waals surface area (Å²) in [4.78, 5) is 3.84. The van der Waals surface area contributed by atoms with E-state index < -0.39 is 0 Å². The highest BCUT2D eigenvalue weighted by molar-refractivity contribution is 7.15. The molecule has 0 unspecified atom stereocenters. The van der Waals surface area contributed by atoms with Crippen LogP contribution in [-0.4, -0.2) is 0 Å². The Morgan fingerprint density at radius 3 is 0.882 bits per heavy atom. The van der Waals surface area contributed by atoms with E-state index in [2.05, 4.69) is 223 Å². The fourth-order valence-corrected chi connectivity index (χ4v) is 12.7. The van der Waals surface area contributed by atoms with Crippen LogP contribution in [0.15, 0.2) is 241 Å². The molecule has 322 valence electrons. The van der Waals surface area contributed by atoms with E-state index in [0.717, 1.165) is 0 Å². The van der Waals surface area contributed by atoms with Gasteiger partial charge in [0.1, 0.15) is 0 Å². The van der Waals surface area contributed by atoms with E-state index in [0.29, 0.717) is 0 Å². The Bertz CT molecular complexity index is 3660. The first-order valence-electron chi connectivity index (χ1n) is 23.0. The zero-order chi connectivity index (χ0) is 45.6. The second-order valence-corrected chi connectivity index (χ2v) is 20.0. The third-order valence-corrected chi connectivity index (χ3v) is 16.0. The summed E-state index contributed by atoms with van der Waals surface area (Å²) in [6.07, 6.45) is 5.58. The number of fused-ring (bicyclic) bond motifs is 6. The number of hydrogen-bond acceptors (Lipinski definition) is 3. The fraction of sp³-hybridized carbons (Fsp3) is 0.0154. The molecule has 0 amide bonds. The molecule has 0 N–H and O–H groups in total. The van der Waals surface area contributed by atoms with Crippen LogP contribution < -0.4 is 0 Å². The van der Waals surface area contributed by atoms with E-state index in [1.165, 1.54) is 129 Å². The summed E-state index contributed by atoms with van der Waals surface area (Å²) in [5.41, 5.74) is 11.3. The second-order valence-electron chi connectivity index (χ2n) is 17.2. The van der Waals surface area contributed by atoms with Gasteiger partial charge >= 0.3 is 0 Å². The van der Waals surface area contributed by atoms with Gasteiger partial charge in [0, 0.05) is 31.3 Å². The summed E-state index contributed by atoms with van der Waals surface area (Å²) in [5.74, 6) is 0. The maximum atomic E-state index is 3.46. The second kappa shape index (κ2) is 17.9. The molecule has 0 aliphatic heterocycles. The minimum atomic E-state index is 1.23. The van der Waals surface area contributed by atoms with E-state index in [1.54, 1.807) is 6.08 Å². The Labute approximate surface area is 408 Å². The van der Waals surface area contributed by atoms with Crippen molar-refractivity contribution in [3.05, 3.63) is 241 Å². The lowest BCUT2D eigenvalue weighted by atomic mass is 9.91. The highest BCUT2D eigenvalue weighted by atomic mass is 32.1. The third kappa shape index (κ3) is 7.55. The predicted octanol–water partition coefficient (Wildman–Crippen LogP) is 20.5. The monoisotopic (exact) mass is 920 g/mol. The van der Waals surface area contributed by atoms with Crippen molar-refractivity contribution in [3.63, 3.8) is 0 Å². The molecule has 0 aliphatic rings. The van der Waals surface area contributed by atoms with Gasteiger partial charge in [-0.05, 0) is 194 Å². The van der Waals surface area contributed by atoms with Gasteiger partial charge in [-0.2, -0.15) is 0 Å². The minimum Gasteiger partial charge on any atom is -0.143 e. The van der Waals surface area contributed by atoms with E-state index in [9.17, 15) is 0 Å². The number of thiophene rings is 3. The van der Waals surface area contributed by atoms with E-state index in [1.807, 2.05) is 53.1 Å². The average Bonchev–Trinajstić information content (AvgIpc) is 4.19. The molecule has 0 spiro atoms. The van der Waals surface area contributed by atoms with Crippen LogP contribution in [0.2, 0.25) is 0 Å². The quantitative estimate of drug-likeness (QED) is 0.110. The molecule has 0 nitrogen and oxygen atoms in total. The molecule has 0 saturated carbocycles. The lowest BCUT2D eigenvalue weighted by molar-refractivity contribution is 1.65. The van der Waals surface area contributed by atoms with Crippen molar-refractivity contribution in [3.8, 4) is 64.7 Å². The number of hydrogen-bond donors (Lipinski definition) is 0. The molecule has 3 aromatic heterocycles. The minimum absolute atomic E-state index is 1.23. The zero-order valence-corrected chi connectivity index (χ0v) is 39.9. The largest absolute Gasteiger partial charge is 0.143 e. The summed E-state index contributed by atoms with van der Waals surface area (Å²) in [7, 11) is 0. The predicted molar refractivity (Wildman–Crippen MR) is 303 cm³/mol. The highest BCUT2D eigenvalue weighted by Gasteiger charge is 2.21. The van der Waals surface area contributed by atoms with Gasteiger partial charge in [-0.1, -0.05) is 152 Å². The van der Waals surface area contributed by atoms with Crippen LogP contribution in [0.1, 0.15) is 6.92 Å². The molecular formula is C65H44S3. The number of benzene rings is 10. The van der Waals surface area contributed by atoms with Crippen molar-refractivity contribution in [1.82, 2.24) is 0 Å². The lowest BCUT2D eigenvalue weighted by Crippen LogP contribution is -1.88. The fourth-order valence-electron chi connectivity index (χ4n) is 10.00. The molecule has 0 radical (unpaired) electrons. The topological polar surface area (TPSA) is 0 Å². The summed E-state index contributed by atoms with van der Waals surface area (Å²) in [5, 5.41) is 22.0. The summed E-state index contributed by atoms with van der Waals surface area (Å²) >= 11 is 5.51. The molecule has 3 heterocycles. The van der Waals surface area contributed by atoms with Crippen LogP contribution in [0.25, 0.3) is 129 Å². The van der Waals surface area contributed by atoms with Crippen LogP contribution >= 0.6 is 34.0 Å². The Balaban J connectivity index is 0.000000915. The first-order valence-corrected chi connectivity index (χ1v) is 25.6. The standard InChI is InChI=1S/C60H36S3.C5H8/c1-4-13-40-34-55-43(28-37(40)10-1)16-7-19-49(55)52-22-25-61-58(52)46-31-47(59-53(23-26-62-59)50-20-8-17-44-29-38-11-2-5-14-41(38)35-56(44)50)33-48(32-46)60-54(24-27-63-60)51-21-9-18-45-30-39-12-3-6-15-42(39)36-57(45)51;1-3-5-4-2/h1-36H;3-5H,1H2,2H3/b;5-4-. The van der Waals surface area contributed by atoms with Gasteiger partial charge in [0.05, 0.1) is 0 Å². The molecule has 0 fully saturated rings. The normalized spacial score (nSPS) is 11.6. The van der Waals surface area contributed by atoms with Crippen LogP contribution in [0.5, 0.6) is 0 Å². The van der Waals surface area contributed by atoms with Gasteiger partial charge in [-0.3, -0.25) is 0 Å². The van der Waals surface area contributed by atoms with Crippen LogP contribution in [0, 0.1) is 0 Å². The highest BCUT2D eigenvalue weighted by Crippen LogP contribution is 2.49. The summed E-state index contributed by atoms with van der Waals surface area (Å²) in [6.45, 7) is 5.42. The van der Waals surface area contributed by atoms with Gasteiger partial charge in [-0.25, -0.2) is 0 Å². The van der Waals surface area contributed by atoms with Gasteiger partial charge < -0.3 is 0 Å². The van der Waals surface area contributed by atoms with Crippen molar-refractivity contribution in [2.45, 2.75) is 6.92 Å². The number of rotatable bonds is 7. The van der Waals surface area contributed by atoms with Gasteiger partial charge in [0.2, 0.25) is 0 Å². The molecule has 10 aromatic carbocycles. The van der Waals surface area contributed by atoms with Gasteiger partial charge in [0.25, 0.3) is 0 Å². The maximum absolute atomic E-state index is 3.46. The molecule has 0 saturated heterocycles. The SMILES string of the molecule is C=C/C=C\C.c1ccc2cc3c(-c4ccsc4-c4cc(-c5sccc5-c5cccc6cc7ccccc7cc56)cc(-c5sccc5-c5cccc6cc7ccccc7cc56)c4)cccc3cc2c1. The maximum Gasteiger partial charge on any atom is 0.0421 e. The van der Waals surface area contributed by atoms with Gasteiger partial charge in [0.15, 0.2) is 0 Å². The molecule has 13 rings (SSSR count). The Morgan fingerprint density at radius 2 is 0.603 bits per heavy atom. The van der Waals surface area contributed by atoms with Crippen molar-refractivity contribution in [2.75, 3.05) is 0 Å². The Kier molecular flexibility index (Phi) is 11.0. The molecule has 0 atom stereocenters. The first kappa shape index (κ1) is 41.7. The lowest BCUT2D eigenvalue weighted by Gasteiger charge is -2.15. The van der Waals surface area contributed by atoms with E-state index in [4.69, 9.17) is 0 Å². The average molecular weight is 921 g/mol.